The summed E-state index contributed by atoms with van der Waals surface area (Å²) >= 11 is 9.44. The monoisotopic (exact) mass is 430 g/mol. The summed E-state index contributed by atoms with van der Waals surface area (Å²) in [4.78, 5) is 25.7. The Morgan fingerprint density at radius 2 is 1.88 bits per heavy atom. The van der Waals surface area contributed by atoms with Gasteiger partial charge in [0.05, 0.1) is 11.2 Å². The highest BCUT2D eigenvalue weighted by Gasteiger charge is 2.23. The maximum Gasteiger partial charge on any atom is 0.254 e. The van der Waals surface area contributed by atoms with Crippen molar-refractivity contribution in [1.82, 2.24) is 14.9 Å². The fourth-order valence-corrected chi connectivity index (χ4v) is 3.71. The molecule has 3 aromatic rings. The second-order valence-corrected chi connectivity index (χ2v) is 7.49. The van der Waals surface area contributed by atoms with E-state index < -0.39 is 0 Å². The summed E-state index contributed by atoms with van der Waals surface area (Å²) in [6.07, 6.45) is 3.59. The van der Waals surface area contributed by atoms with Crippen molar-refractivity contribution in [2.45, 2.75) is 0 Å². The van der Waals surface area contributed by atoms with Gasteiger partial charge < -0.3 is 9.80 Å². The van der Waals surface area contributed by atoms with Crippen LogP contribution in [0.4, 0.5) is 5.69 Å². The van der Waals surface area contributed by atoms with Gasteiger partial charge in [-0.1, -0.05) is 17.7 Å². The van der Waals surface area contributed by atoms with Gasteiger partial charge in [-0.2, -0.15) is 0 Å². The number of nitrogens with zero attached hydrogens (tertiary/aromatic N) is 4. The highest BCUT2D eigenvalue weighted by molar-refractivity contribution is 9.10. The number of piperazine rings is 1. The van der Waals surface area contributed by atoms with Crippen molar-refractivity contribution < 1.29 is 4.79 Å². The van der Waals surface area contributed by atoms with Gasteiger partial charge in [-0.05, 0) is 46.3 Å². The molecule has 3 heterocycles. The third-order valence-corrected chi connectivity index (χ3v) is 5.17. The van der Waals surface area contributed by atoms with Gasteiger partial charge in [-0.3, -0.25) is 14.8 Å². The zero-order valence-electron chi connectivity index (χ0n) is 13.9. The van der Waals surface area contributed by atoms with E-state index in [1.807, 2.05) is 17.0 Å². The number of hydrogen-bond donors (Lipinski definition) is 0. The Labute approximate surface area is 164 Å². The average molecular weight is 432 g/mol. The second-order valence-electron chi connectivity index (χ2n) is 6.14. The van der Waals surface area contributed by atoms with Crippen LogP contribution in [0.2, 0.25) is 5.02 Å². The Bertz CT molecular complexity index is 973. The van der Waals surface area contributed by atoms with E-state index in [9.17, 15) is 4.79 Å². The van der Waals surface area contributed by atoms with E-state index in [2.05, 4.69) is 30.8 Å². The molecule has 4 rings (SSSR count). The number of carbonyl (C=O) groups excluding carboxylic acids is 1. The van der Waals surface area contributed by atoms with Crippen molar-refractivity contribution >= 4 is 50.2 Å². The van der Waals surface area contributed by atoms with Crippen LogP contribution in [-0.4, -0.2) is 47.0 Å². The lowest BCUT2D eigenvalue weighted by molar-refractivity contribution is 0.0747. The van der Waals surface area contributed by atoms with Crippen LogP contribution < -0.4 is 4.90 Å². The lowest BCUT2D eigenvalue weighted by Crippen LogP contribution is -2.48. The Hall–Kier alpha value is -2.18. The van der Waals surface area contributed by atoms with Crippen LogP contribution >= 0.6 is 27.5 Å². The normalized spacial score (nSPS) is 14.7. The number of rotatable bonds is 2. The van der Waals surface area contributed by atoms with E-state index in [0.717, 1.165) is 34.3 Å². The van der Waals surface area contributed by atoms with E-state index >= 15 is 0 Å². The molecule has 1 aromatic carbocycles. The van der Waals surface area contributed by atoms with Gasteiger partial charge in [0.2, 0.25) is 0 Å². The first-order valence-corrected chi connectivity index (χ1v) is 9.49. The smallest absolute Gasteiger partial charge is 0.254 e. The molecule has 7 heteroatoms. The molecule has 1 aliphatic heterocycles. The highest BCUT2D eigenvalue weighted by atomic mass is 79.9. The van der Waals surface area contributed by atoms with Crippen LogP contribution in [0.25, 0.3) is 11.0 Å². The van der Waals surface area contributed by atoms with Crippen molar-refractivity contribution in [2.75, 3.05) is 31.1 Å². The molecule has 5 nitrogen and oxygen atoms in total. The van der Waals surface area contributed by atoms with Crippen LogP contribution in [0, 0.1) is 0 Å². The van der Waals surface area contributed by atoms with Crippen LogP contribution in [0.1, 0.15) is 10.4 Å². The van der Waals surface area contributed by atoms with E-state index in [4.69, 9.17) is 11.6 Å². The Balaban J connectivity index is 1.51. The molecular formula is C19H16BrClN4O. The minimum Gasteiger partial charge on any atom is -0.366 e. The van der Waals surface area contributed by atoms with Gasteiger partial charge in [0.1, 0.15) is 5.52 Å². The van der Waals surface area contributed by atoms with E-state index in [1.54, 1.807) is 36.7 Å². The molecule has 1 fully saturated rings. The Morgan fingerprint density at radius 1 is 1.08 bits per heavy atom. The zero-order chi connectivity index (χ0) is 18.1. The summed E-state index contributed by atoms with van der Waals surface area (Å²) in [6, 6.07) is 11.0. The maximum atomic E-state index is 12.7. The molecule has 0 unspecified atom stereocenters. The van der Waals surface area contributed by atoms with Crippen LogP contribution in [0.3, 0.4) is 0 Å². The van der Waals surface area contributed by atoms with Crippen LogP contribution in [0.5, 0.6) is 0 Å². The number of amides is 1. The maximum absolute atomic E-state index is 12.7. The standard InChI is InChI=1S/C19H16BrClN4O/c20-14-11-16-18(23-12-14)17(4-5-22-16)24-6-8-25(9-7-24)19(26)13-2-1-3-15(21)10-13/h1-5,10-12H,6-9H2. The van der Waals surface area contributed by atoms with Crippen LogP contribution in [0.15, 0.2) is 53.3 Å². The van der Waals surface area contributed by atoms with Crippen molar-refractivity contribution in [3.05, 3.63) is 63.9 Å². The topological polar surface area (TPSA) is 49.3 Å². The predicted octanol–water partition coefficient (Wildman–Crippen LogP) is 4.01. The van der Waals surface area contributed by atoms with Gasteiger partial charge in [0.15, 0.2) is 0 Å². The fraction of sp³-hybridized carbons (Fsp3) is 0.211. The summed E-state index contributed by atoms with van der Waals surface area (Å²) < 4.78 is 0.909. The van der Waals surface area contributed by atoms with E-state index in [-0.39, 0.29) is 5.91 Å². The number of benzene rings is 1. The molecule has 0 aliphatic carbocycles. The summed E-state index contributed by atoms with van der Waals surface area (Å²) in [5.74, 6) is 0.0220. The number of anilines is 1. The molecule has 132 valence electrons. The van der Waals surface area contributed by atoms with Gasteiger partial charge >= 0.3 is 0 Å². The molecule has 1 saturated heterocycles. The van der Waals surface area contributed by atoms with Crippen molar-refractivity contribution in [2.24, 2.45) is 0 Å². The number of carbonyl (C=O) groups is 1. The first-order chi connectivity index (χ1) is 12.6. The molecule has 2 aromatic heterocycles. The summed E-state index contributed by atoms with van der Waals surface area (Å²) in [5.41, 5.74) is 3.42. The van der Waals surface area contributed by atoms with Gasteiger partial charge in [0.25, 0.3) is 5.91 Å². The van der Waals surface area contributed by atoms with E-state index in [1.165, 1.54) is 0 Å². The van der Waals surface area contributed by atoms with Gasteiger partial charge in [0, 0.05) is 53.6 Å². The number of hydrogen-bond acceptors (Lipinski definition) is 4. The number of aromatic nitrogens is 2. The highest BCUT2D eigenvalue weighted by Crippen LogP contribution is 2.26. The minimum absolute atomic E-state index is 0.0220. The average Bonchev–Trinajstić information content (AvgIpc) is 2.67. The number of halogens is 2. The molecule has 0 bridgehead atoms. The molecule has 0 spiro atoms. The number of pyridine rings is 2. The second kappa shape index (κ2) is 7.21. The first kappa shape index (κ1) is 17.2. The molecular weight excluding hydrogens is 416 g/mol. The van der Waals surface area contributed by atoms with Gasteiger partial charge in [-0.15, -0.1) is 0 Å². The SMILES string of the molecule is O=C(c1cccc(Cl)c1)N1CCN(c2ccnc3cc(Br)cnc23)CC1. The number of fused-ring (bicyclic) bond motifs is 1. The predicted molar refractivity (Wildman–Crippen MR) is 107 cm³/mol. The minimum atomic E-state index is 0.0220. The fourth-order valence-electron chi connectivity index (χ4n) is 3.20. The Morgan fingerprint density at radius 3 is 2.65 bits per heavy atom. The first-order valence-electron chi connectivity index (χ1n) is 8.32. The molecule has 1 amide bonds. The molecule has 26 heavy (non-hydrogen) atoms. The molecule has 0 radical (unpaired) electrons. The van der Waals surface area contributed by atoms with Crippen molar-refractivity contribution in [3.63, 3.8) is 0 Å². The van der Waals surface area contributed by atoms with Crippen molar-refractivity contribution in [3.8, 4) is 0 Å². The summed E-state index contributed by atoms with van der Waals surface area (Å²) in [5, 5.41) is 0.579. The zero-order valence-corrected chi connectivity index (χ0v) is 16.2. The lowest BCUT2D eigenvalue weighted by atomic mass is 10.1. The Kier molecular flexibility index (Phi) is 4.78. The third kappa shape index (κ3) is 3.39. The van der Waals surface area contributed by atoms with E-state index in [0.29, 0.717) is 23.7 Å². The molecule has 0 saturated carbocycles. The third-order valence-electron chi connectivity index (χ3n) is 4.50. The summed E-state index contributed by atoms with van der Waals surface area (Å²) in [6.45, 7) is 2.82. The lowest BCUT2D eigenvalue weighted by Gasteiger charge is -2.36. The van der Waals surface area contributed by atoms with Gasteiger partial charge in [-0.25, -0.2) is 0 Å². The summed E-state index contributed by atoms with van der Waals surface area (Å²) in [7, 11) is 0. The molecule has 1 aliphatic rings. The quantitative estimate of drug-likeness (QED) is 0.615. The van der Waals surface area contributed by atoms with Crippen LogP contribution in [-0.2, 0) is 0 Å². The molecule has 0 N–H and O–H groups in total. The largest absolute Gasteiger partial charge is 0.366 e. The molecule has 0 atom stereocenters. The van der Waals surface area contributed by atoms with Crippen molar-refractivity contribution in [1.29, 1.82) is 0 Å².